The Morgan fingerprint density at radius 1 is 0.804 bits per heavy atom. The van der Waals surface area contributed by atoms with Gasteiger partial charge in [0.1, 0.15) is 5.75 Å². The molecule has 0 spiro atoms. The molecule has 0 bridgehead atoms. The van der Waals surface area contributed by atoms with Gasteiger partial charge in [0.2, 0.25) is 23.5 Å². The summed E-state index contributed by atoms with van der Waals surface area (Å²) in [6, 6.07) is 12.3. The van der Waals surface area contributed by atoms with E-state index in [1.165, 1.54) is 39.3 Å². The maximum Gasteiger partial charge on any atom is 0.248 e. The molecular weight excluding hydrogens is 594 g/mol. The quantitative estimate of drug-likeness (QED) is 0.110. The van der Waals surface area contributed by atoms with Gasteiger partial charge >= 0.3 is 0 Å². The summed E-state index contributed by atoms with van der Waals surface area (Å²) in [7, 11) is 2.74. The van der Waals surface area contributed by atoms with Crippen molar-refractivity contribution in [3.05, 3.63) is 76.4 Å². The molecule has 2 atom stereocenters. The van der Waals surface area contributed by atoms with Crippen molar-refractivity contribution in [2.45, 2.75) is 32.1 Å². The highest BCUT2D eigenvalue weighted by atomic mass is 16.5. The van der Waals surface area contributed by atoms with Gasteiger partial charge in [-0.3, -0.25) is 14.4 Å². The number of rotatable bonds is 13. The zero-order chi connectivity index (χ0) is 33.4. The molecule has 46 heavy (non-hydrogen) atoms. The number of unbranched alkanes of at least 4 members (excludes halogenated alkanes) is 1. The van der Waals surface area contributed by atoms with Crippen LogP contribution in [0.25, 0.3) is 6.08 Å². The van der Waals surface area contributed by atoms with Gasteiger partial charge in [0.05, 0.1) is 20.1 Å². The Labute approximate surface area is 266 Å². The summed E-state index contributed by atoms with van der Waals surface area (Å²) in [5.74, 6) is -4.09. The maximum atomic E-state index is 14.1. The van der Waals surface area contributed by atoms with Gasteiger partial charge in [-0.05, 0) is 72.4 Å². The first-order valence-electron chi connectivity index (χ1n) is 14.8. The molecule has 1 aliphatic carbocycles. The smallest absolute Gasteiger partial charge is 0.248 e. The second-order valence-corrected chi connectivity index (χ2v) is 10.9. The van der Waals surface area contributed by atoms with Crippen molar-refractivity contribution in [3.63, 3.8) is 0 Å². The fourth-order valence-electron chi connectivity index (χ4n) is 5.58. The molecule has 0 aromatic heterocycles. The lowest BCUT2D eigenvalue weighted by Gasteiger charge is -2.35. The number of aromatic hydroxyl groups is 4. The molecule has 244 valence electrons. The van der Waals surface area contributed by atoms with Crippen LogP contribution in [0, 0.1) is 5.92 Å². The molecule has 3 aromatic rings. The molecule has 0 fully saturated rings. The van der Waals surface area contributed by atoms with E-state index in [1.54, 1.807) is 36.4 Å². The first-order chi connectivity index (χ1) is 22.0. The highest BCUT2D eigenvalue weighted by Gasteiger charge is 2.43. The summed E-state index contributed by atoms with van der Waals surface area (Å²) >= 11 is 0. The number of phenols is 4. The number of benzene rings is 3. The van der Waals surface area contributed by atoms with Crippen LogP contribution in [-0.4, -0.2) is 72.0 Å². The molecule has 0 radical (unpaired) electrons. The lowest BCUT2D eigenvalue weighted by Crippen LogP contribution is -2.42. The molecule has 3 amide bonds. The fourth-order valence-corrected chi connectivity index (χ4v) is 5.58. The third-order valence-corrected chi connectivity index (χ3v) is 7.82. The van der Waals surface area contributed by atoms with Crippen LogP contribution >= 0.6 is 0 Å². The summed E-state index contributed by atoms with van der Waals surface area (Å²) in [6.07, 6.45) is 3.21. The number of hydrogen-bond donors (Lipinski definition) is 7. The first kappa shape index (κ1) is 33.5. The first-order valence-corrected chi connectivity index (χ1v) is 14.8. The van der Waals surface area contributed by atoms with Gasteiger partial charge in [0.15, 0.2) is 23.0 Å². The molecule has 4 rings (SSSR count). The Bertz CT molecular complexity index is 1620. The number of amides is 3. The Hall–Kier alpha value is -5.39. The second-order valence-electron chi connectivity index (χ2n) is 10.9. The topological polar surface area (TPSA) is 187 Å². The SMILES string of the molecule is COc1cc2c(c(OC)c1O)[C@H](c1ccc(O)c(O)c1)[C@@H](C(=O)NCCc1ccc(O)cc1)C(C(=O)NCCCCNC(C)=O)=C2. The lowest BCUT2D eigenvalue weighted by atomic mass is 9.70. The van der Waals surface area contributed by atoms with E-state index >= 15 is 0 Å². The third-order valence-electron chi connectivity index (χ3n) is 7.82. The maximum absolute atomic E-state index is 14.1. The second kappa shape index (κ2) is 15.1. The van der Waals surface area contributed by atoms with Gasteiger partial charge < -0.3 is 45.9 Å². The molecule has 12 nitrogen and oxygen atoms in total. The molecule has 12 heteroatoms. The van der Waals surface area contributed by atoms with Crippen molar-refractivity contribution in [1.82, 2.24) is 16.0 Å². The van der Waals surface area contributed by atoms with E-state index in [9.17, 15) is 34.8 Å². The molecule has 0 aliphatic heterocycles. The minimum Gasteiger partial charge on any atom is -0.508 e. The molecule has 0 saturated carbocycles. The number of phenolic OH excluding ortho intramolecular Hbond substituents is 4. The van der Waals surface area contributed by atoms with E-state index in [2.05, 4.69) is 16.0 Å². The van der Waals surface area contributed by atoms with E-state index < -0.39 is 29.4 Å². The molecule has 0 saturated heterocycles. The number of fused-ring (bicyclic) bond motifs is 1. The Balaban J connectivity index is 1.76. The number of carbonyl (C=O) groups excluding carboxylic acids is 3. The minimum absolute atomic E-state index is 0.0301. The van der Waals surface area contributed by atoms with Crippen LogP contribution in [0.3, 0.4) is 0 Å². The van der Waals surface area contributed by atoms with E-state index in [1.807, 2.05) is 0 Å². The monoisotopic (exact) mass is 633 g/mol. The molecule has 3 aromatic carbocycles. The van der Waals surface area contributed by atoms with Crippen LogP contribution in [0.1, 0.15) is 47.9 Å². The standard InChI is InChI=1S/C34H39N3O9/c1-19(38)35-13-4-5-14-36-33(43)24-16-22-18-27(45-2)31(42)32(46-3)29(22)28(21-8-11-25(40)26(41)17-21)30(24)34(44)37-15-12-20-6-9-23(39)10-7-20/h6-11,16-18,28,30,39-42H,4-5,12-15H2,1-3H3,(H,35,38)(H,36,43)(H,37,44)/t28-,30-/m0/s1. The highest BCUT2D eigenvalue weighted by Crippen LogP contribution is 2.53. The van der Waals surface area contributed by atoms with Crippen molar-refractivity contribution in [2.75, 3.05) is 33.9 Å². The predicted octanol–water partition coefficient (Wildman–Crippen LogP) is 3.06. The van der Waals surface area contributed by atoms with E-state index in [-0.39, 0.29) is 53.3 Å². The molecular formula is C34H39N3O9. The van der Waals surface area contributed by atoms with Gasteiger partial charge in [-0.2, -0.15) is 0 Å². The van der Waals surface area contributed by atoms with Crippen LogP contribution in [0.4, 0.5) is 0 Å². The molecule has 0 unspecified atom stereocenters. The third kappa shape index (κ3) is 7.63. The molecule has 0 heterocycles. The van der Waals surface area contributed by atoms with E-state index in [4.69, 9.17) is 9.47 Å². The Morgan fingerprint density at radius 2 is 1.50 bits per heavy atom. The normalized spacial score (nSPS) is 15.2. The summed E-state index contributed by atoms with van der Waals surface area (Å²) < 4.78 is 11.0. The van der Waals surface area contributed by atoms with Gasteiger partial charge in [-0.15, -0.1) is 0 Å². The van der Waals surface area contributed by atoms with E-state index in [0.717, 1.165) is 5.56 Å². The van der Waals surface area contributed by atoms with Crippen molar-refractivity contribution >= 4 is 23.8 Å². The molecule has 1 aliphatic rings. The van der Waals surface area contributed by atoms with Crippen LogP contribution in [-0.2, 0) is 20.8 Å². The van der Waals surface area contributed by atoms with Crippen molar-refractivity contribution in [3.8, 4) is 34.5 Å². The summed E-state index contributed by atoms with van der Waals surface area (Å²) in [5.41, 5.74) is 2.22. The van der Waals surface area contributed by atoms with E-state index in [0.29, 0.717) is 42.5 Å². The molecule has 7 N–H and O–H groups in total. The average Bonchev–Trinajstić information content (AvgIpc) is 3.03. The number of nitrogens with one attached hydrogen (secondary N) is 3. The minimum atomic E-state index is -1.16. The van der Waals surface area contributed by atoms with Crippen LogP contribution in [0.5, 0.6) is 34.5 Å². The summed E-state index contributed by atoms with van der Waals surface area (Å²) in [5, 5.41) is 49.7. The van der Waals surface area contributed by atoms with Gasteiger partial charge in [-0.25, -0.2) is 0 Å². The summed E-state index contributed by atoms with van der Waals surface area (Å²) in [4.78, 5) is 39.1. The summed E-state index contributed by atoms with van der Waals surface area (Å²) in [6.45, 7) is 2.39. The zero-order valence-electron chi connectivity index (χ0n) is 25.9. The van der Waals surface area contributed by atoms with Gasteiger partial charge in [0, 0.05) is 43.6 Å². The van der Waals surface area contributed by atoms with Gasteiger partial charge in [0.25, 0.3) is 0 Å². The lowest BCUT2D eigenvalue weighted by molar-refractivity contribution is -0.127. The largest absolute Gasteiger partial charge is 0.508 e. The fraction of sp³-hybridized carbons (Fsp3) is 0.324. The number of methoxy groups -OCH3 is 2. The van der Waals surface area contributed by atoms with Crippen molar-refractivity contribution < 1.29 is 44.3 Å². The Morgan fingerprint density at radius 3 is 2.13 bits per heavy atom. The zero-order valence-corrected chi connectivity index (χ0v) is 25.9. The predicted molar refractivity (Wildman–Crippen MR) is 170 cm³/mol. The van der Waals surface area contributed by atoms with Crippen molar-refractivity contribution in [2.24, 2.45) is 5.92 Å². The Kier molecular flexibility index (Phi) is 11.0. The number of ether oxygens (including phenoxy) is 2. The van der Waals surface area contributed by atoms with Gasteiger partial charge in [-0.1, -0.05) is 18.2 Å². The average molecular weight is 634 g/mol. The number of carbonyl (C=O) groups is 3. The van der Waals surface area contributed by atoms with Crippen LogP contribution in [0.2, 0.25) is 0 Å². The van der Waals surface area contributed by atoms with Crippen molar-refractivity contribution in [1.29, 1.82) is 0 Å². The number of hydrogen-bond acceptors (Lipinski definition) is 9. The highest BCUT2D eigenvalue weighted by molar-refractivity contribution is 6.06. The van der Waals surface area contributed by atoms with Crippen LogP contribution in [0.15, 0.2) is 54.1 Å². The van der Waals surface area contributed by atoms with Crippen LogP contribution < -0.4 is 25.4 Å².